The molecule has 4 heteroatoms. The van der Waals surface area contributed by atoms with Crippen LogP contribution in [0.5, 0.6) is 0 Å². The molecule has 3 heterocycles. The summed E-state index contributed by atoms with van der Waals surface area (Å²) < 4.78 is 0. The fourth-order valence-electron chi connectivity index (χ4n) is 2.74. The summed E-state index contributed by atoms with van der Waals surface area (Å²) in [5.41, 5.74) is 1.40. The predicted molar refractivity (Wildman–Crippen MR) is 71.9 cm³/mol. The van der Waals surface area contributed by atoms with Gasteiger partial charge in [-0.1, -0.05) is 0 Å². The first-order valence-electron chi connectivity index (χ1n) is 6.70. The standard InChI is InChI=1S/C13H21N3S/c1-16-8-4-11-12(5-9-16)17-13(15-11)10-2-6-14-7-3-10/h10,14H,2-9H2,1H3. The van der Waals surface area contributed by atoms with Gasteiger partial charge in [-0.3, -0.25) is 0 Å². The van der Waals surface area contributed by atoms with Crippen molar-refractivity contribution in [2.75, 3.05) is 33.2 Å². The molecule has 0 atom stereocenters. The Bertz CT molecular complexity index is 357. The normalized spacial score (nSPS) is 23.4. The fourth-order valence-corrected chi connectivity index (χ4v) is 4.01. The quantitative estimate of drug-likeness (QED) is 0.822. The van der Waals surface area contributed by atoms with Crippen molar-refractivity contribution in [3.8, 4) is 0 Å². The van der Waals surface area contributed by atoms with Crippen LogP contribution in [0.3, 0.4) is 0 Å². The van der Waals surface area contributed by atoms with Crippen molar-refractivity contribution in [2.45, 2.75) is 31.6 Å². The van der Waals surface area contributed by atoms with Crippen LogP contribution in [0.2, 0.25) is 0 Å². The summed E-state index contributed by atoms with van der Waals surface area (Å²) in [6, 6.07) is 0. The Morgan fingerprint density at radius 2 is 2.00 bits per heavy atom. The van der Waals surface area contributed by atoms with Crippen LogP contribution in [-0.4, -0.2) is 43.1 Å². The molecule has 1 fully saturated rings. The van der Waals surface area contributed by atoms with Gasteiger partial charge in [0.25, 0.3) is 0 Å². The molecule has 2 aliphatic rings. The highest BCUT2D eigenvalue weighted by Crippen LogP contribution is 2.32. The molecule has 3 rings (SSSR count). The highest BCUT2D eigenvalue weighted by atomic mass is 32.1. The number of rotatable bonds is 1. The largest absolute Gasteiger partial charge is 0.317 e. The molecule has 1 N–H and O–H groups in total. The van der Waals surface area contributed by atoms with Gasteiger partial charge in [0.2, 0.25) is 0 Å². The van der Waals surface area contributed by atoms with Crippen molar-refractivity contribution < 1.29 is 0 Å². The third-order valence-corrected chi connectivity index (χ3v) is 5.25. The maximum Gasteiger partial charge on any atom is 0.0963 e. The van der Waals surface area contributed by atoms with Crippen molar-refractivity contribution >= 4 is 11.3 Å². The first-order chi connectivity index (χ1) is 8.33. The number of nitrogens with zero attached hydrogens (tertiary/aromatic N) is 2. The molecule has 0 bridgehead atoms. The van der Waals surface area contributed by atoms with Gasteiger partial charge in [0.1, 0.15) is 0 Å². The minimum Gasteiger partial charge on any atom is -0.317 e. The molecule has 1 aromatic heterocycles. The van der Waals surface area contributed by atoms with Crippen LogP contribution in [-0.2, 0) is 12.8 Å². The Labute approximate surface area is 107 Å². The SMILES string of the molecule is CN1CCc2nc(C3CCNCC3)sc2CC1. The number of fused-ring (bicyclic) bond motifs is 1. The summed E-state index contributed by atoms with van der Waals surface area (Å²) in [7, 11) is 2.21. The molecule has 94 valence electrons. The van der Waals surface area contributed by atoms with Gasteiger partial charge in [-0.05, 0) is 39.4 Å². The number of aromatic nitrogens is 1. The van der Waals surface area contributed by atoms with Gasteiger partial charge < -0.3 is 10.2 Å². The van der Waals surface area contributed by atoms with Gasteiger partial charge >= 0.3 is 0 Å². The molecule has 1 saturated heterocycles. The van der Waals surface area contributed by atoms with Crippen LogP contribution in [0.4, 0.5) is 0 Å². The lowest BCUT2D eigenvalue weighted by Crippen LogP contribution is -2.26. The van der Waals surface area contributed by atoms with E-state index in [1.54, 1.807) is 4.88 Å². The molecular weight excluding hydrogens is 230 g/mol. The monoisotopic (exact) mass is 251 g/mol. The maximum atomic E-state index is 4.93. The highest BCUT2D eigenvalue weighted by molar-refractivity contribution is 7.11. The van der Waals surface area contributed by atoms with Gasteiger partial charge in [-0.2, -0.15) is 0 Å². The van der Waals surface area contributed by atoms with Gasteiger partial charge in [-0.25, -0.2) is 4.98 Å². The van der Waals surface area contributed by atoms with E-state index in [0.29, 0.717) is 0 Å². The molecule has 2 aliphatic heterocycles. The van der Waals surface area contributed by atoms with Crippen molar-refractivity contribution in [3.05, 3.63) is 15.6 Å². The zero-order chi connectivity index (χ0) is 11.7. The van der Waals surface area contributed by atoms with Crippen molar-refractivity contribution in [1.82, 2.24) is 15.2 Å². The van der Waals surface area contributed by atoms with Gasteiger partial charge in [0.15, 0.2) is 0 Å². The van der Waals surface area contributed by atoms with E-state index in [9.17, 15) is 0 Å². The van der Waals surface area contributed by atoms with Crippen LogP contribution in [0.1, 0.15) is 34.3 Å². The number of nitrogens with one attached hydrogen (secondary N) is 1. The number of piperidine rings is 1. The summed E-state index contributed by atoms with van der Waals surface area (Å²) in [6.45, 7) is 4.69. The number of thiazole rings is 1. The summed E-state index contributed by atoms with van der Waals surface area (Å²) in [5, 5.41) is 4.85. The van der Waals surface area contributed by atoms with Crippen molar-refractivity contribution in [3.63, 3.8) is 0 Å². The van der Waals surface area contributed by atoms with Gasteiger partial charge in [0, 0.05) is 30.3 Å². The van der Waals surface area contributed by atoms with Crippen molar-refractivity contribution in [2.24, 2.45) is 0 Å². The smallest absolute Gasteiger partial charge is 0.0963 e. The summed E-state index contributed by atoms with van der Waals surface area (Å²) in [6.07, 6.45) is 4.89. The average Bonchev–Trinajstić information content (AvgIpc) is 2.71. The number of likely N-dealkylation sites (N-methyl/N-ethyl adjacent to an activating group) is 1. The first kappa shape index (κ1) is 11.6. The maximum absolute atomic E-state index is 4.93. The third kappa shape index (κ3) is 2.54. The molecule has 1 aromatic rings. The third-order valence-electron chi connectivity index (χ3n) is 3.93. The van der Waals surface area contributed by atoms with Crippen LogP contribution in [0, 0.1) is 0 Å². The topological polar surface area (TPSA) is 28.2 Å². The molecule has 0 spiro atoms. The van der Waals surface area contributed by atoms with E-state index in [4.69, 9.17) is 4.98 Å². The van der Waals surface area contributed by atoms with Gasteiger partial charge in [-0.15, -0.1) is 11.3 Å². The Balaban J connectivity index is 1.77. The Kier molecular flexibility index (Phi) is 3.45. The molecule has 0 aliphatic carbocycles. The molecule has 0 unspecified atom stereocenters. The zero-order valence-corrected chi connectivity index (χ0v) is 11.4. The minimum atomic E-state index is 0.728. The van der Waals surface area contributed by atoms with E-state index in [0.717, 1.165) is 25.4 Å². The lowest BCUT2D eigenvalue weighted by atomic mass is 9.99. The molecule has 0 aromatic carbocycles. The second-order valence-corrected chi connectivity index (χ2v) is 6.36. The van der Waals surface area contributed by atoms with E-state index in [2.05, 4.69) is 17.3 Å². The van der Waals surface area contributed by atoms with E-state index >= 15 is 0 Å². The number of hydrogen-bond donors (Lipinski definition) is 1. The van der Waals surface area contributed by atoms with Crippen LogP contribution in [0.25, 0.3) is 0 Å². The molecule has 3 nitrogen and oxygen atoms in total. The number of hydrogen-bond acceptors (Lipinski definition) is 4. The Hall–Kier alpha value is -0.450. The minimum absolute atomic E-state index is 0.728. The van der Waals surface area contributed by atoms with Crippen molar-refractivity contribution in [1.29, 1.82) is 0 Å². The lowest BCUT2D eigenvalue weighted by Gasteiger charge is -2.20. The first-order valence-corrected chi connectivity index (χ1v) is 7.52. The molecule has 0 radical (unpaired) electrons. The van der Waals surface area contributed by atoms with E-state index in [1.165, 1.54) is 43.1 Å². The zero-order valence-electron chi connectivity index (χ0n) is 10.5. The molecule has 17 heavy (non-hydrogen) atoms. The van der Waals surface area contributed by atoms with Crippen LogP contribution >= 0.6 is 11.3 Å². The van der Waals surface area contributed by atoms with Crippen LogP contribution < -0.4 is 5.32 Å². The summed E-state index contributed by atoms with van der Waals surface area (Å²) in [4.78, 5) is 8.91. The van der Waals surface area contributed by atoms with E-state index in [1.807, 2.05) is 11.3 Å². The van der Waals surface area contributed by atoms with E-state index < -0.39 is 0 Å². The average molecular weight is 251 g/mol. The summed E-state index contributed by atoms with van der Waals surface area (Å²) in [5.74, 6) is 0.728. The predicted octanol–water partition coefficient (Wildman–Crippen LogP) is 1.64. The molecule has 0 saturated carbocycles. The highest BCUT2D eigenvalue weighted by Gasteiger charge is 2.22. The fraction of sp³-hybridized carbons (Fsp3) is 0.769. The van der Waals surface area contributed by atoms with Gasteiger partial charge in [0.05, 0.1) is 10.7 Å². The lowest BCUT2D eigenvalue weighted by molar-refractivity contribution is 0.352. The second kappa shape index (κ2) is 5.04. The molecular formula is C13H21N3S. The van der Waals surface area contributed by atoms with Crippen LogP contribution in [0.15, 0.2) is 0 Å². The Morgan fingerprint density at radius 1 is 1.24 bits per heavy atom. The summed E-state index contributed by atoms with van der Waals surface area (Å²) >= 11 is 1.99. The Morgan fingerprint density at radius 3 is 2.82 bits per heavy atom. The second-order valence-electron chi connectivity index (χ2n) is 5.25. The molecule has 0 amide bonds. The van der Waals surface area contributed by atoms with E-state index in [-0.39, 0.29) is 0 Å².